The largest absolute Gasteiger partial charge is 0.326 e. The maximum Gasteiger partial charge on any atom is 0.240 e. The van der Waals surface area contributed by atoms with Crippen LogP contribution in [-0.4, -0.2) is 18.0 Å². The maximum absolute atomic E-state index is 11.9. The molecule has 0 heterocycles. The van der Waals surface area contributed by atoms with E-state index < -0.39 is 0 Å². The molecule has 2 N–H and O–H groups in total. The molecule has 0 fully saturated rings. The normalized spacial score (nSPS) is 10.7. The topological polar surface area (TPSA) is 70.6 Å². The first kappa shape index (κ1) is 18.9. The van der Waals surface area contributed by atoms with Crippen LogP contribution < -0.4 is 10.7 Å². The fourth-order valence-corrected chi connectivity index (χ4v) is 2.32. The number of rotatable bonds is 6. The fraction of sp³-hybridized carbons (Fsp3) is 0.211. The second kappa shape index (κ2) is 9.13. The number of carbonyl (C=O) groups is 2. The molecule has 130 valence electrons. The van der Waals surface area contributed by atoms with Gasteiger partial charge in [0, 0.05) is 23.0 Å². The molecule has 25 heavy (non-hydrogen) atoms. The number of hydrogen-bond acceptors (Lipinski definition) is 3. The Kier molecular flexibility index (Phi) is 6.89. The summed E-state index contributed by atoms with van der Waals surface area (Å²) in [5.41, 5.74) is 6.31. The van der Waals surface area contributed by atoms with Crippen LogP contribution in [0, 0.1) is 13.8 Å². The Balaban J connectivity index is 1.74. The van der Waals surface area contributed by atoms with Crippen molar-refractivity contribution >= 4 is 39.6 Å². The minimum Gasteiger partial charge on any atom is -0.326 e. The predicted octanol–water partition coefficient (Wildman–Crippen LogP) is 3.93. The second-order valence-corrected chi connectivity index (χ2v) is 6.61. The van der Waals surface area contributed by atoms with Crippen LogP contribution in [0.3, 0.4) is 0 Å². The Morgan fingerprint density at radius 2 is 1.68 bits per heavy atom. The van der Waals surface area contributed by atoms with Gasteiger partial charge < -0.3 is 5.32 Å². The summed E-state index contributed by atoms with van der Waals surface area (Å²) < 4.78 is 0.975. The highest BCUT2D eigenvalue weighted by molar-refractivity contribution is 9.10. The average Bonchev–Trinajstić information content (AvgIpc) is 2.58. The lowest BCUT2D eigenvalue weighted by atomic mass is 10.1. The number of amides is 2. The number of halogens is 1. The molecule has 0 atom stereocenters. The average molecular weight is 402 g/mol. The van der Waals surface area contributed by atoms with Crippen molar-refractivity contribution in [3.05, 3.63) is 63.6 Å². The zero-order valence-corrected chi connectivity index (χ0v) is 15.8. The Labute approximate surface area is 155 Å². The number of hydrazone groups is 1. The molecule has 0 unspecified atom stereocenters. The van der Waals surface area contributed by atoms with Gasteiger partial charge in [0.15, 0.2) is 0 Å². The Hall–Kier alpha value is -2.47. The van der Waals surface area contributed by atoms with Crippen molar-refractivity contribution in [3.8, 4) is 0 Å². The molecule has 6 heteroatoms. The van der Waals surface area contributed by atoms with Crippen molar-refractivity contribution < 1.29 is 9.59 Å². The minimum atomic E-state index is -0.302. The van der Waals surface area contributed by atoms with Crippen LogP contribution in [0.15, 0.2) is 52.0 Å². The molecule has 2 rings (SSSR count). The number of carbonyl (C=O) groups excluding carboxylic acids is 2. The van der Waals surface area contributed by atoms with E-state index in [1.165, 1.54) is 5.56 Å². The van der Waals surface area contributed by atoms with Gasteiger partial charge in [-0.05, 0) is 54.8 Å². The molecule has 0 radical (unpaired) electrons. The van der Waals surface area contributed by atoms with E-state index in [9.17, 15) is 9.59 Å². The number of nitrogens with one attached hydrogen (secondary N) is 2. The van der Waals surface area contributed by atoms with E-state index in [2.05, 4.69) is 31.8 Å². The van der Waals surface area contributed by atoms with Gasteiger partial charge in [-0.25, -0.2) is 5.43 Å². The summed E-state index contributed by atoms with van der Waals surface area (Å²) in [6, 6.07) is 13.2. The third kappa shape index (κ3) is 6.51. The first-order valence-corrected chi connectivity index (χ1v) is 8.68. The van der Waals surface area contributed by atoms with Crippen LogP contribution in [-0.2, 0) is 9.59 Å². The van der Waals surface area contributed by atoms with Crippen molar-refractivity contribution in [2.24, 2.45) is 5.10 Å². The van der Waals surface area contributed by atoms with Crippen LogP contribution in [0.25, 0.3) is 0 Å². The summed E-state index contributed by atoms with van der Waals surface area (Å²) >= 11 is 3.35. The quantitative estimate of drug-likeness (QED) is 0.568. The van der Waals surface area contributed by atoms with Gasteiger partial charge in [0.25, 0.3) is 0 Å². The summed E-state index contributed by atoms with van der Waals surface area (Å²) in [5, 5.41) is 6.67. The molecular weight excluding hydrogens is 382 g/mol. The van der Waals surface area contributed by atoms with Crippen LogP contribution in [0.4, 0.5) is 5.69 Å². The van der Waals surface area contributed by atoms with Gasteiger partial charge in [0.1, 0.15) is 0 Å². The van der Waals surface area contributed by atoms with Crippen LogP contribution in [0.5, 0.6) is 0 Å². The zero-order valence-electron chi connectivity index (χ0n) is 14.2. The van der Waals surface area contributed by atoms with E-state index in [1.807, 2.05) is 56.3 Å². The number of hydrogen-bond donors (Lipinski definition) is 2. The summed E-state index contributed by atoms with van der Waals surface area (Å²) in [4.78, 5) is 23.6. The van der Waals surface area contributed by atoms with E-state index in [-0.39, 0.29) is 24.7 Å². The molecule has 0 spiro atoms. The van der Waals surface area contributed by atoms with Crippen molar-refractivity contribution in [3.63, 3.8) is 0 Å². The van der Waals surface area contributed by atoms with Gasteiger partial charge in [-0.15, -0.1) is 0 Å². The molecule has 0 saturated heterocycles. The van der Waals surface area contributed by atoms with Gasteiger partial charge in [0.05, 0.1) is 6.21 Å². The van der Waals surface area contributed by atoms with Gasteiger partial charge in [-0.2, -0.15) is 5.10 Å². The number of nitrogens with zero attached hydrogens (tertiary/aromatic N) is 1. The van der Waals surface area contributed by atoms with E-state index in [1.54, 1.807) is 6.21 Å². The molecule has 2 aromatic carbocycles. The van der Waals surface area contributed by atoms with Crippen molar-refractivity contribution in [2.45, 2.75) is 26.7 Å². The molecule has 0 aliphatic carbocycles. The van der Waals surface area contributed by atoms with E-state index >= 15 is 0 Å². The highest BCUT2D eigenvalue weighted by Gasteiger charge is 2.07. The van der Waals surface area contributed by atoms with E-state index in [4.69, 9.17) is 0 Å². The fourth-order valence-electron chi connectivity index (χ4n) is 2.05. The van der Waals surface area contributed by atoms with Crippen LogP contribution >= 0.6 is 15.9 Å². The van der Waals surface area contributed by atoms with Crippen LogP contribution in [0.2, 0.25) is 0 Å². The van der Waals surface area contributed by atoms with Crippen LogP contribution in [0.1, 0.15) is 29.5 Å². The number of anilines is 1. The summed E-state index contributed by atoms with van der Waals surface area (Å²) in [5.74, 6) is -0.501. The highest BCUT2D eigenvalue weighted by Crippen LogP contribution is 2.14. The molecule has 0 bridgehead atoms. The molecule has 0 aliphatic rings. The first-order valence-electron chi connectivity index (χ1n) is 7.88. The molecule has 0 aliphatic heterocycles. The Morgan fingerprint density at radius 3 is 2.36 bits per heavy atom. The third-order valence-electron chi connectivity index (χ3n) is 3.64. The second-order valence-electron chi connectivity index (χ2n) is 5.69. The highest BCUT2D eigenvalue weighted by atomic mass is 79.9. The lowest BCUT2D eigenvalue weighted by Crippen LogP contribution is -2.20. The van der Waals surface area contributed by atoms with Gasteiger partial charge in [-0.3, -0.25) is 9.59 Å². The lowest BCUT2D eigenvalue weighted by Gasteiger charge is -2.07. The minimum absolute atomic E-state index is 0.0777. The van der Waals surface area contributed by atoms with Gasteiger partial charge >= 0.3 is 0 Å². The lowest BCUT2D eigenvalue weighted by molar-refractivity contribution is -0.124. The summed E-state index contributed by atoms with van der Waals surface area (Å²) in [6.45, 7) is 4.00. The monoisotopic (exact) mass is 401 g/mol. The predicted molar refractivity (Wildman–Crippen MR) is 104 cm³/mol. The van der Waals surface area contributed by atoms with E-state index in [0.29, 0.717) is 0 Å². The molecule has 5 nitrogen and oxygen atoms in total. The Bertz CT molecular complexity index is 786. The maximum atomic E-state index is 11.9. The SMILES string of the molecule is Cc1ccc(NC(=O)CCC(=O)N/N=C/c2ccc(Br)cc2)cc1C. The zero-order chi connectivity index (χ0) is 18.2. The Morgan fingerprint density at radius 1 is 1.00 bits per heavy atom. The van der Waals surface area contributed by atoms with Crippen molar-refractivity contribution in [1.29, 1.82) is 0 Å². The summed E-state index contributed by atoms with van der Waals surface area (Å²) in [7, 11) is 0. The third-order valence-corrected chi connectivity index (χ3v) is 4.17. The number of benzene rings is 2. The molecule has 0 aromatic heterocycles. The molecule has 2 amide bonds. The van der Waals surface area contributed by atoms with Crippen molar-refractivity contribution in [2.75, 3.05) is 5.32 Å². The molecular formula is C19H20BrN3O2. The first-order chi connectivity index (χ1) is 11.9. The molecule has 0 saturated carbocycles. The standard InChI is InChI=1S/C19H20BrN3O2/c1-13-3-8-17(11-14(13)2)22-18(24)9-10-19(25)23-21-12-15-4-6-16(20)7-5-15/h3-8,11-12H,9-10H2,1-2H3,(H,22,24)(H,23,25)/b21-12+. The molecule has 2 aromatic rings. The smallest absolute Gasteiger partial charge is 0.240 e. The van der Waals surface area contributed by atoms with Crippen molar-refractivity contribution in [1.82, 2.24) is 5.43 Å². The van der Waals surface area contributed by atoms with Gasteiger partial charge in [-0.1, -0.05) is 34.1 Å². The van der Waals surface area contributed by atoms with Gasteiger partial charge in [0.2, 0.25) is 11.8 Å². The summed E-state index contributed by atoms with van der Waals surface area (Å²) in [6.07, 6.45) is 1.74. The number of aryl methyl sites for hydroxylation is 2. The van der Waals surface area contributed by atoms with E-state index in [0.717, 1.165) is 21.3 Å².